The Morgan fingerprint density at radius 2 is 1.71 bits per heavy atom. The lowest BCUT2D eigenvalue weighted by atomic mass is 9.99. The highest BCUT2D eigenvalue weighted by molar-refractivity contribution is 6.15. The molecule has 0 unspecified atom stereocenters. The van der Waals surface area contributed by atoms with Gasteiger partial charge in [0.2, 0.25) is 0 Å². The molecule has 0 saturated heterocycles. The number of nitrogens with two attached hydrogens (primary N) is 2. The number of nitrogens with one attached hydrogen (secondary N) is 2. The maximum absolute atomic E-state index is 8.26. The Labute approximate surface area is 204 Å². The van der Waals surface area contributed by atoms with Crippen molar-refractivity contribution < 1.29 is 0 Å². The number of fused-ring (bicyclic) bond motifs is 2. The van der Waals surface area contributed by atoms with Crippen molar-refractivity contribution >= 4 is 45.6 Å². The molecule has 6 N–H and O–H groups in total. The topological polar surface area (TPSA) is 123 Å². The summed E-state index contributed by atoms with van der Waals surface area (Å²) in [5.74, 6) is 0.476. The number of H-pyrrole nitrogens is 1. The molecule has 0 atom stereocenters. The number of anilines is 1. The van der Waals surface area contributed by atoms with Crippen LogP contribution in [0.4, 0.5) is 17.1 Å². The van der Waals surface area contributed by atoms with Crippen LogP contribution in [-0.2, 0) is 6.42 Å². The molecule has 0 bridgehead atoms. The van der Waals surface area contributed by atoms with Gasteiger partial charge in [0.25, 0.3) is 0 Å². The molecule has 1 aliphatic rings. The second-order valence-electron chi connectivity index (χ2n) is 8.87. The molecule has 4 aromatic rings. The number of aliphatic imine (C=N–C) groups is 2. The van der Waals surface area contributed by atoms with E-state index in [0.29, 0.717) is 5.96 Å². The van der Waals surface area contributed by atoms with Gasteiger partial charge in [0, 0.05) is 55.9 Å². The van der Waals surface area contributed by atoms with Crippen LogP contribution in [0.15, 0.2) is 76.8 Å². The van der Waals surface area contributed by atoms with Crippen LogP contribution in [-0.4, -0.2) is 48.7 Å². The van der Waals surface area contributed by atoms with Crippen LogP contribution in [0, 0.1) is 5.41 Å². The average molecular weight is 465 g/mol. The number of hydrogen-bond acceptors (Lipinski definition) is 3. The quantitative estimate of drug-likeness (QED) is 0.265. The molecule has 176 valence electrons. The highest BCUT2D eigenvalue weighted by atomic mass is 15.3. The van der Waals surface area contributed by atoms with Crippen LogP contribution in [0.2, 0.25) is 0 Å². The van der Waals surface area contributed by atoms with Gasteiger partial charge in [-0.15, -0.1) is 0 Å². The van der Waals surface area contributed by atoms with Crippen LogP contribution in [0.25, 0.3) is 22.0 Å². The number of nitrogens with zero attached hydrogens (tertiary/aromatic N) is 4. The molecule has 0 aliphatic carbocycles. The minimum absolute atomic E-state index is 0.0456. The van der Waals surface area contributed by atoms with Crippen molar-refractivity contribution in [1.29, 1.82) is 5.41 Å². The van der Waals surface area contributed by atoms with E-state index in [1.807, 2.05) is 68.6 Å². The Balaban J connectivity index is 1.44. The van der Waals surface area contributed by atoms with E-state index in [9.17, 15) is 0 Å². The maximum Gasteiger partial charge on any atom is 0.197 e. The largest absolute Gasteiger partial charge is 0.370 e. The predicted molar refractivity (Wildman–Crippen MR) is 145 cm³/mol. The van der Waals surface area contributed by atoms with E-state index in [1.165, 1.54) is 0 Å². The Morgan fingerprint density at radius 3 is 2.43 bits per heavy atom. The number of aromatic amines is 1. The lowest BCUT2D eigenvalue weighted by Crippen LogP contribution is -2.37. The molecule has 1 aliphatic heterocycles. The molecule has 0 fully saturated rings. The van der Waals surface area contributed by atoms with Crippen molar-refractivity contribution in [3.05, 3.63) is 78.0 Å². The third-order valence-corrected chi connectivity index (χ3v) is 6.26. The summed E-state index contributed by atoms with van der Waals surface area (Å²) in [5, 5.41) is 9.39. The maximum atomic E-state index is 8.26. The molecule has 2 heterocycles. The molecule has 0 radical (unpaired) electrons. The van der Waals surface area contributed by atoms with Crippen LogP contribution in [0.1, 0.15) is 11.1 Å². The van der Waals surface area contributed by atoms with E-state index in [0.717, 1.165) is 62.4 Å². The van der Waals surface area contributed by atoms with Gasteiger partial charge in [0.1, 0.15) is 0 Å². The first-order valence-electron chi connectivity index (χ1n) is 11.3. The Kier molecular flexibility index (Phi) is 5.49. The molecular weight excluding hydrogens is 436 g/mol. The molecule has 8 nitrogen and oxygen atoms in total. The van der Waals surface area contributed by atoms with Crippen molar-refractivity contribution in [2.75, 3.05) is 26.0 Å². The molecular formula is C27H28N8. The van der Waals surface area contributed by atoms with Gasteiger partial charge in [-0.1, -0.05) is 18.2 Å². The average Bonchev–Trinajstić information content (AvgIpc) is 3.46. The lowest BCUT2D eigenvalue weighted by molar-refractivity contribution is 0.603. The number of aromatic nitrogens is 1. The van der Waals surface area contributed by atoms with Crippen LogP contribution in [0.5, 0.6) is 0 Å². The SMILES string of the molecule is CN(C)C(=N)N(C)c1ccc2c(c1)CC(c1c[nH]c3ccc(-c4ccc(N=C(N)N)cc4)cc13)=N2. The van der Waals surface area contributed by atoms with E-state index in [1.54, 1.807) is 4.90 Å². The first-order valence-corrected chi connectivity index (χ1v) is 11.3. The number of rotatable bonds is 4. The van der Waals surface area contributed by atoms with E-state index in [2.05, 4.69) is 34.2 Å². The fourth-order valence-electron chi connectivity index (χ4n) is 4.39. The molecule has 8 heteroatoms. The zero-order valence-electron chi connectivity index (χ0n) is 20.0. The van der Waals surface area contributed by atoms with E-state index >= 15 is 0 Å². The van der Waals surface area contributed by atoms with Gasteiger partial charge >= 0.3 is 0 Å². The Bertz CT molecular complexity index is 1490. The zero-order valence-corrected chi connectivity index (χ0v) is 20.0. The summed E-state index contributed by atoms with van der Waals surface area (Å²) >= 11 is 0. The molecule has 3 aromatic carbocycles. The minimum Gasteiger partial charge on any atom is -0.370 e. The molecule has 0 spiro atoms. The minimum atomic E-state index is 0.0456. The summed E-state index contributed by atoms with van der Waals surface area (Å²) in [4.78, 5) is 16.1. The highest BCUT2D eigenvalue weighted by Gasteiger charge is 2.21. The predicted octanol–water partition coefficient (Wildman–Crippen LogP) is 4.35. The summed E-state index contributed by atoms with van der Waals surface area (Å²) in [7, 11) is 5.65. The molecule has 0 amide bonds. The summed E-state index contributed by atoms with van der Waals surface area (Å²) < 4.78 is 0. The van der Waals surface area contributed by atoms with E-state index in [4.69, 9.17) is 21.9 Å². The number of guanidine groups is 2. The van der Waals surface area contributed by atoms with Gasteiger partial charge in [-0.3, -0.25) is 10.4 Å². The summed E-state index contributed by atoms with van der Waals surface area (Å²) in [6.07, 6.45) is 2.78. The van der Waals surface area contributed by atoms with Gasteiger partial charge in [-0.2, -0.15) is 0 Å². The van der Waals surface area contributed by atoms with Crippen LogP contribution >= 0.6 is 0 Å². The fraction of sp³-hybridized carbons (Fsp3) is 0.148. The van der Waals surface area contributed by atoms with Crippen molar-refractivity contribution in [3.8, 4) is 11.1 Å². The summed E-state index contributed by atoms with van der Waals surface area (Å²) in [6, 6.07) is 20.4. The molecule has 1 aromatic heterocycles. The normalized spacial score (nSPS) is 12.3. The van der Waals surface area contributed by atoms with Crippen LogP contribution < -0.4 is 16.4 Å². The highest BCUT2D eigenvalue weighted by Crippen LogP contribution is 2.35. The van der Waals surface area contributed by atoms with E-state index in [-0.39, 0.29) is 5.96 Å². The Morgan fingerprint density at radius 1 is 0.971 bits per heavy atom. The van der Waals surface area contributed by atoms with Crippen molar-refractivity contribution in [3.63, 3.8) is 0 Å². The van der Waals surface area contributed by atoms with E-state index < -0.39 is 0 Å². The first-order chi connectivity index (χ1) is 16.8. The van der Waals surface area contributed by atoms with Gasteiger partial charge < -0.3 is 26.3 Å². The Hall–Kier alpha value is -4.59. The monoisotopic (exact) mass is 464 g/mol. The second kappa shape index (κ2) is 8.64. The number of hydrogen-bond donors (Lipinski definition) is 4. The smallest absolute Gasteiger partial charge is 0.197 e. The third-order valence-electron chi connectivity index (χ3n) is 6.26. The van der Waals surface area contributed by atoms with Crippen molar-refractivity contribution in [1.82, 2.24) is 9.88 Å². The van der Waals surface area contributed by atoms with Gasteiger partial charge in [-0.05, 0) is 59.2 Å². The standard InChI is InChI=1S/C27H28N8/c1-34(2)27(30)35(3)20-9-11-23-18(12-20)14-25(33-23)22-15-31-24-10-6-17(13-21(22)24)16-4-7-19(8-5-16)32-26(28)29/h4-13,15,30-31H,14H2,1-3H3,(H4,28,29,32). The molecule has 35 heavy (non-hydrogen) atoms. The van der Waals surface area contributed by atoms with Gasteiger partial charge in [0.05, 0.1) is 17.1 Å². The number of benzene rings is 3. The second-order valence-corrected chi connectivity index (χ2v) is 8.87. The molecule has 5 rings (SSSR count). The summed E-state index contributed by atoms with van der Waals surface area (Å²) in [6.45, 7) is 0. The van der Waals surface area contributed by atoms with Crippen molar-refractivity contribution in [2.45, 2.75) is 6.42 Å². The third kappa shape index (κ3) is 4.21. The first kappa shape index (κ1) is 22.2. The van der Waals surface area contributed by atoms with Gasteiger partial charge in [-0.25, -0.2) is 4.99 Å². The fourth-order valence-corrected chi connectivity index (χ4v) is 4.39. The molecule has 0 saturated carbocycles. The van der Waals surface area contributed by atoms with Crippen molar-refractivity contribution in [2.24, 2.45) is 21.5 Å². The van der Waals surface area contributed by atoms with Gasteiger partial charge in [0.15, 0.2) is 11.9 Å². The zero-order chi connectivity index (χ0) is 24.7. The van der Waals surface area contributed by atoms with Crippen LogP contribution in [0.3, 0.4) is 0 Å². The lowest BCUT2D eigenvalue weighted by Gasteiger charge is -2.25. The summed E-state index contributed by atoms with van der Waals surface area (Å²) in [5.41, 5.74) is 20.2.